The predicted molar refractivity (Wildman–Crippen MR) is 170 cm³/mol. The number of aromatic nitrogens is 2. The maximum atomic E-state index is 13.8. The number of piperazine rings is 1. The van der Waals surface area contributed by atoms with Crippen molar-refractivity contribution in [1.82, 2.24) is 14.5 Å². The topological polar surface area (TPSA) is 65.8 Å². The molecule has 1 saturated heterocycles. The number of allylic oxidation sites excluding steroid dienone is 1. The number of pyridine rings is 2. The molecule has 0 atom stereocenters. The zero-order valence-corrected chi connectivity index (χ0v) is 24.7. The summed E-state index contributed by atoms with van der Waals surface area (Å²) in [5.41, 5.74) is 5.99. The zero-order valence-electron chi connectivity index (χ0n) is 23.9. The number of nitrogens with zero attached hydrogens (tertiary/aromatic N) is 5. The number of hydrogen-bond donors (Lipinski definition) is 1. The molecule has 0 saturated carbocycles. The van der Waals surface area contributed by atoms with Gasteiger partial charge in [0.05, 0.1) is 5.56 Å². The fourth-order valence-electron chi connectivity index (χ4n) is 5.48. The molecule has 41 heavy (non-hydrogen) atoms. The summed E-state index contributed by atoms with van der Waals surface area (Å²) in [5.74, 6) is 0.834. The molecule has 7 nitrogen and oxygen atoms in total. The highest BCUT2D eigenvalue weighted by atomic mass is 32.1. The second kappa shape index (κ2) is 11.8. The molecule has 8 heteroatoms. The lowest BCUT2D eigenvalue weighted by molar-refractivity contribution is 0.313. The van der Waals surface area contributed by atoms with Crippen LogP contribution in [-0.4, -0.2) is 47.7 Å². The average molecular weight is 565 g/mol. The van der Waals surface area contributed by atoms with Crippen LogP contribution in [0.5, 0.6) is 0 Å². The van der Waals surface area contributed by atoms with E-state index in [-0.39, 0.29) is 5.56 Å². The molecule has 2 aliphatic rings. The smallest absolute Gasteiger partial charge is 0.260 e. The van der Waals surface area contributed by atoms with Crippen molar-refractivity contribution in [2.45, 2.75) is 33.2 Å². The molecule has 1 N–H and O–H groups in total. The third-order valence-corrected chi connectivity index (χ3v) is 9.16. The summed E-state index contributed by atoms with van der Waals surface area (Å²) in [7, 11) is 2.18. The summed E-state index contributed by atoms with van der Waals surface area (Å²) < 4.78 is 1.81. The molecule has 0 radical (unpaired) electrons. The van der Waals surface area contributed by atoms with Gasteiger partial charge in [0, 0.05) is 71.5 Å². The molecule has 0 amide bonds. The first kappa shape index (κ1) is 27.2. The van der Waals surface area contributed by atoms with Crippen LogP contribution < -0.4 is 26.5 Å². The van der Waals surface area contributed by atoms with Crippen molar-refractivity contribution in [3.8, 4) is 20.9 Å². The minimum absolute atomic E-state index is 0.0117. The van der Waals surface area contributed by atoms with E-state index in [2.05, 4.69) is 70.5 Å². The molecule has 3 aromatic heterocycles. The van der Waals surface area contributed by atoms with Gasteiger partial charge in [-0.25, -0.2) is 4.99 Å². The highest BCUT2D eigenvalue weighted by Gasteiger charge is 2.17. The highest BCUT2D eigenvalue weighted by molar-refractivity contribution is 7.18. The number of nitrogens with one attached hydrogen (secondary N) is 1. The van der Waals surface area contributed by atoms with Gasteiger partial charge in [0.2, 0.25) is 0 Å². The molecule has 0 spiro atoms. The van der Waals surface area contributed by atoms with Gasteiger partial charge in [0.15, 0.2) is 0 Å². The number of rotatable bonds is 7. The number of fused-ring (bicyclic) bond motifs is 1. The molecule has 0 unspecified atom stereocenters. The molecule has 0 aliphatic carbocycles. The van der Waals surface area contributed by atoms with Crippen LogP contribution in [0.25, 0.3) is 27.0 Å². The summed E-state index contributed by atoms with van der Waals surface area (Å²) >= 11 is 1.63. The highest BCUT2D eigenvalue weighted by Crippen LogP contribution is 2.32. The molecule has 210 valence electrons. The maximum absolute atomic E-state index is 13.8. The van der Waals surface area contributed by atoms with E-state index in [1.165, 1.54) is 11.3 Å². The van der Waals surface area contributed by atoms with Gasteiger partial charge in [-0.15, -0.1) is 11.3 Å². The van der Waals surface area contributed by atoms with Crippen LogP contribution in [0.3, 0.4) is 0 Å². The third kappa shape index (κ3) is 5.62. The number of thiophene rings is 1. The second-order valence-electron chi connectivity index (χ2n) is 10.6. The Kier molecular flexibility index (Phi) is 7.85. The molecule has 4 aromatic rings. The van der Waals surface area contributed by atoms with Crippen molar-refractivity contribution < 1.29 is 0 Å². The van der Waals surface area contributed by atoms with Crippen molar-refractivity contribution in [3.63, 3.8) is 0 Å². The monoisotopic (exact) mass is 564 g/mol. The number of likely N-dealkylation sites (N-methyl/N-ethyl adjacent to an activating group) is 1. The van der Waals surface area contributed by atoms with Gasteiger partial charge in [-0.3, -0.25) is 14.3 Å². The Hall–Kier alpha value is -4.01. The van der Waals surface area contributed by atoms with Crippen molar-refractivity contribution >= 4 is 28.8 Å². The first-order valence-corrected chi connectivity index (χ1v) is 15.2. The van der Waals surface area contributed by atoms with E-state index in [0.717, 1.165) is 76.6 Å². The number of anilines is 2. The van der Waals surface area contributed by atoms with E-state index in [4.69, 9.17) is 4.99 Å². The Morgan fingerprint density at radius 1 is 0.927 bits per heavy atom. The van der Waals surface area contributed by atoms with Crippen LogP contribution in [0.2, 0.25) is 0 Å². The number of hydrogen-bond acceptors (Lipinski definition) is 7. The first-order chi connectivity index (χ1) is 20.0. The zero-order chi connectivity index (χ0) is 28.3. The normalized spacial score (nSPS) is 15.6. The molecular formula is C33H36N6OS. The Labute approximate surface area is 244 Å². The first-order valence-electron chi connectivity index (χ1n) is 14.4. The van der Waals surface area contributed by atoms with Crippen molar-refractivity contribution in [3.05, 3.63) is 99.4 Å². The Morgan fingerprint density at radius 3 is 2.37 bits per heavy atom. The van der Waals surface area contributed by atoms with Crippen molar-refractivity contribution in [2.24, 2.45) is 4.99 Å². The Bertz CT molecular complexity index is 1750. The van der Waals surface area contributed by atoms with Crippen molar-refractivity contribution in [2.75, 3.05) is 43.4 Å². The summed E-state index contributed by atoms with van der Waals surface area (Å²) in [6.07, 6.45) is 7.46. The standard InChI is InChI=1S/C33H36N6OS/c1-4-23-6-7-25-22-28(30-13-12-29(41-30)24-14-16-34-17-15-24)33(40)39(5-2)32(25)36-31(23)35-26-8-10-27(11-9-26)38-20-18-37(3)19-21-38/h7-17,22,35H,4-6,18-21H2,1-3H3. The lowest BCUT2D eigenvalue weighted by Gasteiger charge is -2.34. The van der Waals surface area contributed by atoms with E-state index in [1.54, 1.807) is 23.7 Å². The lowest BCUT2D eigenvalue weighted by atomic mass is 10.1. The Morgan fingerprint density at radius 2 is 1.66 bits per heavy atom. The second-order valence-corrected chi connectivity index (χ2v) is 11.7. The van der Waals surface area contributed by atoms with Gasteiger partial charge >= 0.3 is 0 Å². The van der Waals surface area contributed by atoms with Crippen LogP contribution in [0.1, 0.15) is 26.7 Å². The van der Waals surface area contributed by atoms with E-state index in [0.29, 0.717) is 12.0 Å². The molecule has 2 aliphatic heterocycles. The minimum Gasteiger partial charge on any atom is -0.369 e. The minimum atomic E-state index is -0.0117. The van der Waals surface area contributed by atoms with Crippen LogP contribution in [-0.2, 0) is 6.54 Å². The van der Waals surface area contributed by atoms with Crippen LogP contribution in [0.15, 0.2) is 88.2 Å². The molecule has 0 bridgehead atoms. The van der Waals surface area contributed by atoms with E-state index >= 15 is 0 Å². The summed E-state index contributed by atoms with van der Waals surface area (Å²) in [5, 5.41) is 4.58. The molecule has 1 fully saturated rings. The van der Waals surface area contributed by atoms with Gasteiger partial charge in [-0.05, 0) is 92.5 Å². The summed E-state index contributed by atoms with van der Waals surface area (Å²) in [6.45, 7) is 8.98. The lowest BCUT2D eigenvalue weighted by Crippen LogP contribution is -2.44. The number of benzene rings is 1. The third-order valence-electron chi connectivity index (χ3n) is 7.99. The van der Waals surface area contributed by atoms with Crippen LogP contribution in [0.4, 0.5) is 11.4 Å². The Balaban J connectivity index is 1.34. The molecule has 5 heterocycles. The van der Waals surface area contributed by atoms with Crippen LogP contribution >= 0.6 is 11.3 Å². The van der Waals surface area contributed by atoms with Gasteiger partial charge in [-0.1, -0.05) is 13.0 Å². The summed E-state index contributed by atoms with van der Waals surface area (Å²) in [4.78, 5) is 29.9. The van der Waals surface area contributed by atoms with Gasteiger partial charge < -0.3 is 15.1 Å². The van der Waals surface area contributed by atoms with Gasteiger partial charge in [0.25, 0.3) is 5.56 Å². The van der Waals surface area contributed by atoms with Crippen molar-refractivity contribution in [1.29, 1.82) is 0 Å². The molecule has 1 aromatic carbocycles. The maximum Gasteiger partial charge on any atom is 0.260 e. The average Bonchev–Trinajstić information content (AvgIpc) is 3.43. The fourth-order valence-corrected chi connectivity index (χ4v) is 6.50. The largest absolute Gasteiger partial charge is 0.369 e. The summed E-state index contributed by atoms with van der Waals surface area (Å²) in [6, 6.07) is 18.8. The van der Waals surface area contributed by atoms with Crippen LogP contribution in [0, 0.1) is 0 Å². The van der Waals surface area contributed by atoms with E-state index in [1.807, 2.05) is 35.8 Å². The fraction of sp³-hybridized carbons (Fsp3) is 0.303. The van der Waals surface area contributed by atoms with E-state index in [9.17, 15) is 4.79 Å². The quantitative estimate of drug-likeness (QED) is 0.344. The molecule has 6 rings (SSSR count). The van der Waals surface area contributed by atoms with Gasteiger partial charge in [-0.2, -0.15) is 0 Å². The SMILES string of the molecule is CCC1=C(Nc2ccc(N3CCN(C)CC3)cc2)N=c2c(cc(-c3ccc(-c4ccncc4)s3)c(=O)n2CC)=CC1. The van der Waals surface area contributed by atoms with Gasteiger partial charge in [0.1, 0.15) is 11.3 Å². The van der Waals surface area contributed by atoms with E-state index < -0.39 is 0 Å². The predicted octanol–water partition coefficient (Wildman–Crippen LogP) is 4.95. The molecular weight excluding hydrogens is 528 g/mol.